The predicted molar refractivity (Wildman–Crippen MR) is 98.4 cm³/mol. The quantitative estimate of drug-likeness (QED) is 0.714. The van der Waals surface area contributed by atoms with Crippen LogP contribution in [0.25, 0.3) is 5.69 Å². The lowest BCUT2D eigenvalue weighted by atomic mass is 10.1. The molecule has 0 spiro atoms. The summed E-state index contributed by atoms with van der Waals surface area (Å²) in [6, 6.07) is 4.84. The highest BCUT2D eigenvalue weighted by molar-refractivity contribution is 5.83. The number of amides is 1. The van der Waals surface area contributed by atoms with E-state index >= 15 is 0 Å². The lowest BCUT2D eigenvalue weighted by molar-refractivity contribution is -0.144. The summed E-state index contributed by atoms with van der Waals surface area (Å²) in [5.41, 5.74) is 1.19. The fraction of sp³-hybridized carbons (Fsp3) is 0.450. The van der Waals surface area contributed by atoms with Crippen LogP contribution in [0.5, 0.6) is 0 Å². The van der Waals surface area contributed by atoms with Crippen LogP contribution in [0.1, 0.15) is 35.4 Å². The number of hydrogen-bond donors (Lipinski definition) is 1. The second-order valence-electron chi connectivity index (χ2n) is 7.19. The number of carbonyl (C=O) groups is 2. The van der Waals surface area contributed by atoms with Gasteiger partial charge in [0.25, 0.3) is 0 Å². The molecule has 1 fully saturated rings. The number of carbonyl (C=O) groups excluding carboxylic acids is 2. The molecule has 1 aliphatic rings. The van der Waals surface area contributed by atoms with E-state index in [-0.39, 0.29) is 24.6 Å². The Bertz CT molecular complexity index is 917. The Labute approximate surface area is 166 Å². The van der Waals surface area contributed by atoms with E-state index in [4.69, 9.17) is 4.74 Å². The van der Waals surface area contributed by atoms with E-state index in [2.05, 4.69) is 10.4 Å². The van der Waals surface area contributed by atoms with Gasteiger partial charge in [-0.2, -0.15) is 18.3 Å². The van der Waals surface area contributed by atoms with Crippen molar-refractivity contribution in [2.24, 2.45) is 5.92 Å². The van der Waals surface area contributed by atoms with Crippen molar-refractivity contribution < 1.29 is 27.5 Å². The molecule has 1 aromatic heterocycles. The Morgan fingerprint density at radius 3 is 2.66 bits per heavy atom. The fourth-order valence-electron chi connectivity index (χ4n) is 2.94. The van der Waals surface area contributed by atoms with Crippen LogP contribution in [0.2, 0.25) is 0 Å². The molecule has 1 saturated carbocycles. The van der Waals surface area contributed by atoms with Gasteiger partial charge in [0.1, 0.15) is 6.54 Å². The second kappa shape index (κ2) is 8.26. The maximum atomic E-state index is 13.0. The summed E-state index contributed by atoms with van der Waals surface area (Å²) in [6.45, 7) is 3.54. The molecular weight excluding hydrogens is 387 g/mol. The molecule has 3 rings (SSSR count). The number of esters is 1. The average Bonchev–Trinajstić information content (AvgIpc) is 3.46. The van der Waals surface area contributed by atoms with Gasteiger partial charge < -0.3 is 10.1 Å². The van der Waals surface area contributed by atoms with E-state index in [1.54, 1.807) is 13.8 Å². The van der Waals surface area contributed by atoms with Gasteiger partial charge in [0.2, 0.25) is 5.91 Å². The van der Waals surface area contributed by atoms with E-state index < -0.39 is 17.7 Å². The maximum Gasteiger partial charge on any atom is 0.416 e. The summed E-state index contributed by atoms with van der Waals surface area (Å²) in [5.74, 6) is -0.428. The Hall–Kier alpha value is -2.84. The van der Waals surface area contributed by atoms with Gasteiger partial charge >= 0.3 is 12.1 Å². The van der Waals surface area contributed by atoms with E-state index in [1.165, 1.54) is 16.8 Å². The molecule has 0 saturated heterocycles. The Kier molecular flexibility index (Phi) is 5.95. The van der Waals surface area contributed by atoms with E-state index in [1.807, 2.05) is 0 Å². The van der Waals surface area contributed by atoms with E-state index in [0.29, 0.717) is 29.5 Å². The first-order valence-corrected chi connectivity index (χ1v) is 9.30. The second-order valence-corrected chi connectivity index (χ2v) is 7.19. The Morgan fingerprint density at radius 1 is 1.28 bits per heavy atom. The van der Waals surface area contributed by atoms with Crippen molar-refractivity contribution in [3.8, 4) is 5.69 Å². The van der Waals surface area contributed by atoms with Gasteiger partial charge in [0.15, 0.2) is 0 Å². The van der Waals surface area contributed by atoms with Gasteiger partial charge in [-0.1, -0.05) is 6.07 Å². The number of halogens is 3. The summed E-state index contributed by atoms with van der Waals surface area (Å²) < 4.78 is 45.4. The molecule has 0 unspecified atom stereocenters. The van der Waals surface area contributed by atoms with Gasteiger partial charge in [0, 0.05) is 11.3 Å². The highest BCUT2D eigenvalue weighted by atomic mass is 19.4. The zero-order chi connectivity index (χ0) is 21.2. The summed E-state index contributed by atoms with van der Waals surface area (Å²) >= 11 is 0. The first-order chi connectivity index (χ1) is 13.6. The molecule has 1 aromatic carbocycles. The topological polar surface area (TPSA) is 73.2 Å². The van der Waals surface area contributed by atoms with Crippen molar-refractivity contribution in [1.29, 1.82) is 0 Å². The highest BCUT2D eigenvalue weighted by Gasteiger charge is 2.31. The summed E-state index contributed by atoms with van der Waals surface area (Å²) in [5, 5.41) is 6.79. The maximum absolute atomic E-state index is 13.0. The number of rotatable bonds is 7. The normalized spacial score (nSPS) is 14.0. The zero-order valence-corrected chi connectivity index (χ0v) is 16.2. The van der Waals surface area contributed by atoms with Crippen LogP contribution < -0.4 is 5.32 Å². The summed E-state index contributed by atoms with van der Waals surface area (Å²) in [7, 11) is 0. The average molecular weight is 409 g/mol. The van der Waals surface area contributed by atoms with Crippen LogP contribution in [0.4, 0.5) is 13.2 Å². The minimum Gasteiger partial charge on any atom is -0.464 e. The minimum absolute atomic E-state index is 0.0352. The van der Waals surface area contributed by atoms with Crippen LogP contribution in [0.15, 0.2) is 24.3 Å². The third-order valence-corrected chi connectivity index (χ3v) is 4.80. The molecule has 6 nitrogen and oxygen atoms in total. The number of nitrogens with one attached hydrogen (secondary N) is 1. The van der Waals surface area contributed by atoms with Gasteiger partial charge in [0.05, 0.1) is 30.0 Å². The molecule has 1 N–H and O–H groups in total. The molecule has 0 bridgehead atoms. The molecule has 2 aromatic rings. The van der Waals surface area contributed by atoms with Crippen molar-refractivity contribution in [1.82, 2.24) is 15.1 Å². The molecule has 1 aliphatic carbocycles. The number of nitrogens with zero attached hydrogens (tertiary/aromatic N) is 2. The number of aryl methyl sites for hydroxylation is 1. The smallest absolute Gasteiger partial charge is 0.416 e. The molecule has 29 heavy (non-hydrogen) atoms. The van der Waals surface area contributed by atoms with Crippen molar-refractivity contribution in [3.05, 3.63) is 46.8 Å². The van der Waals surface area contributed by atoms with Gasteiger partial charge in [-0.25, -0.2) is 4.68 Å². The largest absolute Gasteiger partial charge is 0.464 e. The van der Waals surface area contributed by atoms with Crippen LogP contribution in [-0.4, -0.2) is 34.8 Å². The van der Waals surface area contributed by atoms with Crippen molar-refractivity contribution in [3.63, 3.8) is 0 Å². The number of ether oxygens (including phenoxy) is 1. The number of alkyl halides is 3. The number of aromatic nitrogens is 2. The fourth-order valence-corrected chi connectivity index (χ4v) is 2.94. The molecular formula is C20H22F3N3O3. The monoisotopic (exact) mass is 409 g/mol. The standard InChI is InChI=1S/C20H22F3N3O3/c1-12-17(9-18(27)24-10-19(28)29-11-14-6-7-14)13(2)26(25-12)16-5-3-4-15(8-16)20(21,22)23/h3-5,8,14H,6-7,9-11H2,1-2H3,(H,24,27). The molecule has 0 atom stereocenters. The highest BCUT2D eigenvalue weighted by Crippen LogP contribution is 2.31. The Balaban J connectivity index is 1.66. The zero-order valence-electron chi connectivity index (χ0n) is 16.2. The lowest BCUT2D eigenvalue weighted by Crippen LogP contribution is -2.32. The van der Waals surface area contributed by atoms with Gasteiger partial charge in [-0.05, 0) is 50.8 Å². The third kappa shape index (κ3) is 5.36. The number of benzene rings is 1. The first kappa shape index (κ1) is 20.9. The van der Waals surface area contributed by atoms with Crippen molar-refractivity contribution in [2.75, 3.05) is 13.2 Å². The molecule has 9 heteroatoms. The van der Waals surface area contributed by atoms with Crippen molar-refractivity contribution in [2.45, 2.75) is 39.3 Å². The molecule has 1 heterocycles. The minimum atomic E-state index is -4.46. The van der Waals surface area contributed by atoms with Crippen LogP contribution in [-0.2, 0) is 26.9 Å². The van der Waals surface area contributed by atoms with Crippen LogP contribution >= 0.6 is 0 Å². The predicted octanol–water partition coefficient (Wildman–Crippen LogP) is 3.12. The molecule has 0 radical (unpaired) electrons. The SMILES string of the molecule is Cc1nn(-c2cccc(C(F)(F)F)c2)c(C)c1CC(=O)NCC(=O)OCC1CC1. The lowest BCUT2D eigenvalue weighted by Gasteiger charge is -2.10. The van der Waals surface area contributed by atoms with E-state index in [9.17, 15) is 22.8 Å². The van der Waals surface area contributed by atoms with Crippen LogP contribution in [0, 0.1) is 19.8 Å². The molecule has 0 aliphatic heterocycles. The Morgan fingerprint density at radius 2 is 2.00 bits per heavy atom. The number of hydrogen-bond acceptors (Lipinski definition) is 4. The summed E-state index contributed by atoms with van der Waals surface area (Å²) in [4.78, 5) is 23.8. The van der Waals surface area contributed by atoms with E-state index in [0.717, 1.165) is 25.0 Å². The van der Waals surface area contributed by atoms with Gasteiger partial charge in [-0.3, -0.25) is 9.59 Å². The summed E-state index contributed by atoms with van der Waals surface area (Å²) in [6.07, 6.45) is -2.36. The third-order valence-electron chi connectivity index (χ3n) is 4.80. The van der Waals surface area contributed by atoms with Crippen LogP contribution in [0.3, 0.4) is 0 Å². The van der Waals surface area contributed by atoms with Gasteiger partial charge in [-0.15, -0.1) is 0 Å². The van der Waals surface area contributed by atoms with Crippen molar-refractivity contribution >= 4 is 11.9 Å². The molecule has 156 valence electrons. The first-order valence-electron chi connectivity index (χ1n) is 9.30. The molecule has 1 amide bonds.